The molecule has 0 saturated heterocycles. The van der Waals surface area contributed by atoms with Crippen LogP contribution in [0, 0.1) is 0 Å². The van der Waals surface area contributed by atoms with Gasteiger partial charge in [-0.05, 0) is 35.2 Å². The highest BCUT2D eigenvalue weighted by molar-refractivity contribution is 5.98. The standard InChI is InChI=1S/C19H23N5O3.CH4/c1-2-12-3-5-13(6-4-12)14-7-9-15(10-8-14)17(25)23-16(18(26)24-27)11-22-19(20)21;/h3-10,16,27H,2,11H2,1H3,(H,23,25)(H,24,26)(H4,20,21,22);1H4/t16-;/m0./s1. The predicted molar refractivity (Wildman–Crippen MR) is 110 cm³/mol. The third-order valence-corrected chi connectivity index (χ3v) is 4.03. The van der Waals surface area contributed by atoms with Gasteiger partial charge in [-0.2, -0.15) is 0 Å². The lowest BCUT2D eigenvalue weighted by molar-refractivity contribution is -0.130. The molecule has 0 bridgehead atoms. The Morgan fingerprint density at radius 2 is 1.57 bits per heavy atom. The summed E-state index contributed by atoms with van der Waals surface area (Å²) in [6, 6.07) is 14.1. The molecular weight excluding hydrogens is 358 g/mol. The lowest BCUT2D eigenvalue weighted by atomic mass is 10.0. The van der Waals surface area contributed by atoms with Crippen molar-refractivity contribution in [3.8, 4) is 11.1 Å². The van der Waals surface area contributed by atoms with E-state index in [-0.39, 0.29) is 19.9 Å². The molecule has 2 rings (SSSR count). The maximum absolute atomic E-state index is 12.4. The Labute approximate surface area is 164 Å². The summed E-state index contributed by atoms with van der Waals surface area (Å²) in [5, 5.41) is 11.3. The predicted octanol–water partition coefficient (Wildman–Crippen LogP) is 1.43. The fraction of sp³-hybridized carbons (Fsp3) is 0.250. The second kappa shape index (κ2) is 10.7. The zero-order valence-electron chi connectivity index (χ0n) is 15.0. The molecule has 2 aromatic rings. The first-order valence-electron chi connectivity index (χ1n) is 8.44. The highest BCUT2D eigenvalue weighted by Crippen LogP contribution is 2.20. The summed E-state index contributed by atoms with van der Waals surface area (Å²) < 4.78 is 0. The molecule has 0 aliphatic carbocycles. The van der Waals surface area contributed by atoms with Gasteiger partial charge in [0.15, 0.2) is 5.96 Å². The van der Waals surface area contributed by atoms with Crippen molar-refractivity contribution in [3.05, 3.63) is 59.7 Å². The van der Waals surface area contributed by atoms with Crippen molar-refractivity contribution in [1.29, 1.82) is 0 Å². The quantitative estimate of drug-likeness (QED) is 0.212. The number of nitrogens with zero attached hydrogens (tertiary/aromatic N) is 1. The second-order valence-corrected chi connectivity index (χ2v) is 5.90. The molecule has 7 N–H and O–H groups in total. The van der Waals surface area contributed by atoms with Crippen molar-refractivity contribution in [1.82, 2.24) is 10.8 Å². The Morgan fingerprint density at radius 3 is 2.04 bits per heavy atom. The number of hydrogen-bond acceptors (Lipinski definition) is 4. The van der Waals surface area contributed by atoms with Crippen molar-refractivity contribution < 1.29 is 14.8 Å². The van der Waals surface area contributed by atoms with Crippen LogP contribution in [0.1, 0.15) is 30.3 Å². The first-order valence-corrected chi connectivity index (χ1v) is 8.44. The van der Waals surface area contributed by atoms with Gasteiger partial charge in [0.1, 0.15) is 6.04 Å². The van der Waals surface area contributed by atoms with Gasteiger partial charge in [0.2, 0.25) is 0 Å². The van der Waals surface area contributed by atoms with Gasteiger partial charge in [-0.3, -0.25) is 19.8 Å². The Balaban J connectivity index is 0.00000392. The summed E-state index contributed by atoms with van der Waals surface area (Å²) in [4.78, 5) is 27.7. The van der Waals surface area contributed by atoms with Crippen molar-refractivity contribution in [3.63, 3.8) is 0 Å². The van der Waals surface area contributed by atoms with Gasteiger partial charge in [0.05, 0.1) is 6.54 Å². The number of amides is 2. The number of benzene rings is 2. The molecule has 8 nitrogen and oxygen atoms in total. The number of hydroxylamine groups is 1. The molecule has 2 amide bonds. The van der Waals surface area contributed by atoms with Crippen molar-refractivity contribution in [2.45, 2.75) is 26.8 Å². The average Bonchev–Trinajstić information content (AvgIpc) is 2.70. The fourth-order valence-electron chi connectivity index (χ4n) is 2.46. The zero-order chi connectivity index (χ0) is 19.8. The van der Waals surface area contributed by atoms with E-state index in [1.165, 1.54) is 11.0 Å². The van der Waals surface area contributed by atoms with Gasteiger partial charge in [-0.25, -0.2) is 5.48 Å². The molecule has 28 heavy (non-hydrogen) atoms. The summed E-state index contributed by atoms with van der Waals surface area (Å²) in [5.74, 6) is -1.53. The highest BCUT2D eigenvalue weighted by Gasteiger charge is 2.21. The minimum atomic E-state index is -1.11. The van der Waals surface area contributed by atoms with Crippen molar-refractivity contribution >= 4 is 17.8 Å². The molecule has 2 aromatic carbocycles. The van der Waals surface area contributed by atoms with Crippen LogP contribution in [-0.4, -0.2) is 35.6 Å². The van der Waals surface area contributed by atoms with E-state index in [0.717, 1.165) is 17.5 Å². The minimum Gasteiger partial charge on any atom is -0.370 e. The van der Waals surface area contributed by atoms with Crippen LogP contribution in [0.2, 0.25) is 0 Å². The Hall–Kier alpha value is -3.39. The average molecular weight is 385 g/mol. The van der Waals surface area contributed by atoms with Crippen molar-refractivity contribution in [2.75, 3.05) is 6.54 Å². The molecule has 0 heterocycles. The number of carbonyl (C=O) groups is 2. The molecule has 0 spiro atoms. The van der Waals surface area contributed by atoms with E-state index in [2.05, 4.69) is 29.4 Å². The molecule has 0 radical (unpaired) electrons. The number of rotatable bonds is 7. The van der Waals surface area contributed by atoms with Gasteiger partial charge in [0.25, 0.3) is 11.8 Å². The SMILES string of the molecule is C.CCc1ccc(-c2ccc(C(=O)N[C@@H](CN=C(N)N)C(=O)NO)cc2)cc1. The van der Waals surface area contributed by atoms with Gasteiger partial charge in [0, 0.05) is 5.56 Å². The van der Waals surface area contributed by atoms with E-state index < -0.39 is 17.9 Å². The van der Waals surface area contributed by atoms with Crippen LogP contribution in [0.4, 0.5) is 0 Å². The number of nitrogens with one attached hydrogen (secondary N) is 2. The number of hydrogen-bond donors (Lipinski definition) is 5. The Bertz CT molecular complexity index is 813. The number of aliphatic imine (C=N–C) groups is 1. The van der Waals surface area contributed by atoms with Gasteiger partial charge >= 0.3 is 0 Å². The van der Waals surface area contributed by atoms with E-state index in [0.29, 0.717) is 5.56 Å². The van der Waals surface area contributed by atoms with E-state index in [9.17, 15) is 9.59 Å². The smallest absolute Gasteiger partial charge is 0.267 e. The van der Waals surface area contributed by atoms with E-state index in [1.54, 1.807) is 12.1 Å². The molecular formula is C20H27N5O3. The minimum absolute atomic E-state index is 0. The van der Waals surface area contributed by atoms with Gasteiger partial charge in [-0.15, -0.1) is 0 Å². The first-order chi connectivity index (χ1) is 12.9. The van der Waals surface area contributed by atoms with E-state index >= 15 is 0 Å². The molecule has 0 saturated carbocycles. The van der Waals surface area contributed by atoms with Crippen LogP contribution in [0.3, 0.4) is 0 Å². The van der Waals surface area contributed by atoms with Crippen LogP contribution in [0.25, 0.3) is 11.1 Å². The summed E-state index contributed by atoms with van der Waals surface area (Å²) in [5.41, 5.74) is 15.6. The molecule has 0 fully saturated rings. The molecule has 0 aromatic heterocycles. The normalized spacial score (nSPS) is 10.9. The molecule has 0 aliphatic heterocycles. The van der Waals surface area contributed by atoms with Crippen molar-refractivity contribution in [2.24, 2.45) is 16.5 Å². The summed E-state index contributed by atoms with van der Waals surface area (Å²) in [6.45, 7) is 1.91. The van der Waals surface area contributed by atoms with Crippen LogP contribution >= 0.6 is 0 Å². The fourth-order valence-corrected chi connectivity index (χ4v) is 2.46. The topological polar surface area (TPSA) is 143 Å². The number of nitrogens with two attached hydrogens (primary N) is 2. The number of guanidine groups is 1. The van der Waals surface area contributed by atoms with Crippen LogP contribution in [0.5, 0.6) is 0 Å². The summed E-state index contributed by atoms with van der Waals surface area (Å²) in [7, 11) is 0. The van der Waals surface area contributed by atoms with Gasteiger partial charge < -0.3 is 16.8 Å². The van der Waals surface area contributed by atoms with Crippen LogP contribution < -0.4 is 22.3 Å². The largest absolute Gasteiger partial charge is 0.370 e. The molecule has 1 atom stereocenters. The molecule has 150 valence electrons. The first kappa shape index (κ1) is 22.7. The van der Waals surface area contributed by atoms with Gasteiger partial charge in [-0.1, -0.05) is 50.7 Å². The third-order valence-electron chi connectivity index (χ3n) is 4.03. The Kier molecular flexibility index (Phi) is 8.64. The van der Waals surface area contributed by atoms with E-state index in [4.69, 9.17) is 16.7 Å². The third kappa shape index (κ3) is 6.10. The lowest BCUT2D eigenvalue weighted by Gasteiger charge is -2.15. The zero-order valence-corrected chi connectivity index (χ0v) is 15.0. The maximum Gasteiger partial charge on any atom is 0.267 e. The summed E-state index contributed by atoms with van der Waals surface area (Å²) >= 11 is 0. The maximum atomic E-state index is 12.4. The summed E-state index contributed by atoms with van der Waals surface area (Å²) in [6.07, 6.45) is 0.974. The van der Waals surface area contributed by atoms with Crippen LogP contribution in [-0.2, 0) is 11.2 Å². The Morgan fingerprint density at radius 1 is 1.04 bits per heavy atom. The van der Waals surface area contributed by atoms with E-state index in [1.807, 2.05) is 24.3 Å². The molecule has 8 heteroatoms. The lowest BCUT2D eigenvalue weighted by Crippen LogP contribution is -2.48. The highest BCUT2D eigenvalue weighted by atomic mass is 16.5. The molecule has 0 aliphatic rings. The number of carbonyl (C=O) groups excluding carboxylic acids is 2. The molecule has 0 unspecified atom stereocenters. The monoisotopic (exact) mass is 385 g/mol. The van der Waals surface area contributed by atoms with Crippen LogP contribution in [0.15, 0.2) is 53.5 Å². The number of aryl methyl sites for hydroxylation is 1. The second-order valence-electron chi connectivity index (χ2n) is 5.90.